The van der Waals surface area contributed by atoms with E-state index in [1.165, 1.54) is 50.5 Å². The van der Waals surface area contributed by atoms with Gasteiger partial charge in [0.15, 0.2) is 5.78 Å². The van der Waals surface area contributed by atoms with Gasteiger partial charge in [0.2, 0.25) is 0 Å². The van der Waals surface area contributed by atoms with Crippen LogP contribution in [0.1, 0.15) is 60.9 Å². The highest BCUT2D eigenvalue weighted by atomic mass is 16.5. The molecule has 0 unspecified atom stereocenters. The Hall–Kier alpha value is -1.35. The van der Waals surface area contributed by atoms with E-state index in [2.05, 4.69) is 11.0 Å². The molecule has 3 atom stereocenters. The Bertz CT molecular complexity index is 680. The van der Waals surface area contributed by atoms with E-state index in [9.17, 15) is 4.79 Å². The average Bonchev–Trinajstić information content (AvgIpc) is 3.44. The number of methoxy groups -OCH3 is 1. The molecule has 0 spiro atoms. The molecule has 5 rings (SSSR count). The molecule has 3 heteroatoms. The van der Waals surface area contributed by atoms with Crippen molar-refractivity contribution in [2.24, 2.45) is 11.8 Å². The van der Waals surface area contributed by atoms with Crippen LogP contribution in [0.5, 0.6) is 5.75 Å². The number of rotatable bonds is 3. The lowest BCUT2D eigenvalue weighted by molar-refractivity contribution is -0.00440. The molecule has 2 saturated carbocycles. The van der Waals surface area contributed by atoms with Crippen LogP contribution in [-0.4, -0.2) is 36.9 Å². The number of Topliss-reactive ketones (excluding diaryl/α,β-unsaturated/α-hetero) is 1. The summed E-state index contributed by atoms with van der Waals surface area (Å²) in [6, 6.07) is 6.33. The second-order valence-corrected chi connectivity index (χ2v) is 8.42. The summed E-state index contributed by atoms with van der Waals surface area (Å²) in [5, 5.41) is 0. The number of likely N-dealkylation sites (tertiary alicyclic amines) is 1. The summed E-state index contributed by atoms with van der Waals surface area (Å²) < 4.78 is 5.49. The van der Waals surface area contributed by atoms with Crippen LogP contribution in [-0.2, 0) is 5.41 Å². The summed E-state index contributed by atoms with van der Waals surface area (Å²) in [7, 11) is 1.73. The first-order valence-corrected chi connectivity index (χ1v) is 9.70. The molecule has 1 saturated heterocycles. The van der Waals surface area contributed by atoms with Gasteiger partial charge in [0.05, 0.1) is 13.2 Å². The van der Waals surface area contributed by atoms with E-state index in [4.69, 9.17) is 4.74 Å². The molecule has 1 aliphatic heterocycles. The van der Waals surface area contributed by atoms with E-state index in [-0.39, 0.29) is 11.5 Å². The predicted molar refractivity (Wildman–Crippen MR) is 93.7 cm³/mol. The molecular weight excluding hydrogens is 298 g/mol. The van der Waals surface area contributed by atoms with Crippen LogP contribution in [0.15, 0.2) is 18.2 Å². The van der Waals surface area contributed by atoms with Gasteiger partial charge in [0, 0.05) is 17.5 Å². The summed E-state index contributed by atoms with van der Waals surface area (Å²) in [5.41, 5.74) is 2.51. The molecule has 4 aliphatic rings. The van der Waals surface area contributed by atoms with Crippen LogP contribution >= 0.6 is 0 Å². The maximum atomic E-state index is 13.4. The fourth-order valence-electron chi connectivity index (χ4n) is 5.86. The molecule has 3 nitrogen and oxygen atoms in total. The van der Waals surface area contributed by atoms with Crippen molar-refractivity contribution in [3.8, 4) is 5.75 Å². The van der Waals surface area contributed by atoms with Gasteiger partial charge in [-0.05, 0) is 74.2 Å². The summed E-state index contributed by atoms with van der Waals surface area (Å²) in [4.78, 5) is 16.0. The Morgan fingerprint density at radius 3 is 2.88 bits per heavy atom. The van der Waals surface area contributed by atoms with Crippen molar-refractivity contribution >= 4 is 5.78 Å². The third-order valence-corrected chi connectivity index (χ3v) is 7.20. The largest absolute Gasteiger partial charge is 0.497 e. The smallest absolute Gasteiger partial charge is 0.180 e. The van der Waals surface area contributed by atoms with E-state index in [0.29, 0.717) is 11.7 Å². The highest BCUT2D eigenvalue weighted by molar-refractivity contribution is 6.04. The molecule has 0 radical (unpaired) electrons. The number of hydrogen-bond donors (Lipinski definition) is 0. The topological polar surface area (TPSA) is 29.5 Å². The van der Waals surface area contributed by atoms with E-state index < -0.39 is 0 Å². The molecule has 1 heterocycles. The van der Waals surface area contributed by atoms with E-state index in [1.54, 1.807) is 7.11 Å². The molecule has 1 aromatic carbocycles. The summed E-state index contributed by atoms with van der Waals surface area (Å²) >= 11 is 0. The molecule has 24 heavy (non-hydrogen) atoms. The zero-order valence-corrected chi connectivity index (χ0v) is 14.6. The van der Waals surface area contributed by atoms with Crippen molar-refractivity contribution in [1.29, 1.82) is 0 Å². The predicted octanol–water partition coefficient (Wildman–Crippen LogP) is 3.80. The molecule has 2 bridgehead atoms. The number of carbonyl (C=O) groups is 1. The Labute approximate surface area is 144 Å². The van der Waals surface area contributed by atoms with Crippen LogP contribution in [0.25, 0.3) is 0 Å². The monoisotopic (exact) mass is 325 g/mol. The average molecular weight is 325 g/mol. The molecule has 0 amide bonds. The zero-order valence-electron chi connectivity index (χ0n) is 14.6. The Morgan fingerprint density at radius 1 is 1.21 bits per heavy atom. The van der Waals surface area contributed by atoms with Gasteiger partial charge in [-0.3, -0.25) is 9.69 Å². The van der Waals surface area contributed by atoms with Crippen molar-refractivity contribution in [3.63, 3.8) is 0 Å². The van der Waals surface area contributed by atoms with Gasteiger partial charge < -0.3 is 4.74 Å². The van der Waals surface area contributed by atoms with Crippen LogP contribution < -0.4 is 4.74 Å². The van der Waals surface area contributed by atoms with Crippen molar-refractivity contribution < 1.29 is 9.53 Å². The van der Waals surface area contributed by atoms with Gasteiger partial charge in [-0.1, -0.05) is 12.8 Å². The number of ketones is 1. The quantitative estimate of drug-likeness (QED) is 0.846. The highest BCUT2D eigenvalue weighted by Crippen LogP contribution is 2.56. The Balaban J connectivity index is 1.63. The van der Waals surface area contributed by atoms with Gasteiger partial charge in [0.1, 0.15) is 5.75 Å². The molecule has 0 aromatic heterocycles. The van der Waals surface area contributed by atoms with Gasteiger partial charge in [-0.2, -0.15) is 0 Å². The number of hydrogen-bond acceptors (Lipinski definition) is 3. The summed E-state index contributed by atoms with van der Waals surface area (Å²) in [6.07, 6.45) is 8.99. The maximum Gasteiger partial charge on any atom is 0.180 e. The van der Waals surface area contributed by atoms with Gasteiger partial charge >= 0.3 is 0 Å². The minimum absolute atomic E-state index is 0.139. The third-order valence-electron chi connectivity index (χ3n) is 7.20. The Morgan fingerprint density at radius 2 is 2.08 bits per heavy atom. The summed E-state index contributed by atoms with van der Waals surface area (Å²) in [6.45, 7) is 2.24. The third kappa shape index (κ3) is 2.03. The van der Waals surface area contributed by atoms with Crippen molar-refractivity contribution in [2.45, 2.75) is 56.4 Å². The second kappa shape index (κ2) is 5.32. The lowest BCUT2D eigenvalue weighted by Gasteiger charge is -2.58. The Kier molecular flexibility index (Phi) is 3.31. The molecule has 128 valence electrons. The fraction of sp³-hybridized carbons (Fsp3) is 0.667. The zero-order chi connectivity index (χ0) is 16.3. The minimum Gasteiger partial charge on any atom is -0.497 e. The van der Waals surface area contributed by atoms with Crippen LogP contribution in [0.3, 0.4) is 0 Å². The minimum atomic E-state index is 0.139. The van der Waals surface area contributed by atoms with Gasteiger partial charge in [-0.15, -0.1) is 0 Å². The fourth-order valence-corrected chi connectivity index (χ4v) is 5.86. The van der Waals surface area contributed by atoms with E-state index in [0.717, 1.165) is 30.3 Å². The van der Waals surface area contributed by atoms with Gasteiger partial charge in [0.25, 0.3) is 0 Å². The van der Waals surface area contributed by atoms with Crippen LogP contribution in [0.4, 0.5) is 0 Å². The number of benzene rings is 1. The molecular formula is C21H27NO2. The number of carbonyl (C=O) groups excluding carboxylic acids is 1. The second-order valence-electron chi connectivity index (χ2n) is 8.42. The van der Waals surface area contributed by atoms with Crippen molar-refractivity contribution in [2.75, 3.05) is 20.2 Å². The number of piperidine rings is 1. The molecule has 0 N–H and O–H groups in total. The maximum absolute atomic E-state index is 13.4. The normalized spacial score (nSPS) is 35.3. The molecule has 3 fully saturated rings. The van der Waals surface area contributed by atoms with E-state index >= 15 is 0 Å². The number of nitrogens with zero attached hydrogens (tertiary/aromatic N) is 1. The standard InChI is InChI=1S/C21H27NO2/c1-24-15-7-8-16-18(12-15)21-9-3-2-4-17(21)19(20(16)23)22(11-10-21)13-14-5-6-14/h7-8,12,14,17,19H,2-6,9-11,13H2,1H3/t17-,19+,21+/m0/s1. The molecule has 1 aromatic rings. The lowest BCUT2D eigenvalue weighted by Crippen LogP contribution is -2.63. The highest BCUT2D eigenvalue weighted by Gasteiger charge is 2.57. The SMILES string of the molecule is COc1ccc2c(c1)[C@@]13CCCC[C@H]1[C@H](C2=O)N(CC1CC1)CC3. The van der Waals surface area contributed by atoms with Crippen molar-refractivity contribution in [1.82, 2.24) is 4.90 Å². The number of ether oxygens (including phenoxy) is 1. The van der Waals surface area contributed by atoms with Crippen molar-refractivity contribution in [3.05, 3.63) is 29.3 Å². The van der Waals surface area contributed by atoms with Crippen LogP contribution in [0, 0.1) is 11.8 Å². The summed E-state index contributed by atoms with van der Waals surface area (Å²) in [5.74, 6) is 2.66. The first kappa shape index (κ1) is 14.9. The molecule has 3 aliphatic carbocycles. The first-order valence-electron chi connectivity index (χ1n) is 9.70. The van der Waals surface area contributed by atoms with E-state index in [1.807, 2.05) is 12.1 Å². The van der Waals surface area contributed by atoms with Gasteiger partial charge in [-0.25, -0.2) is 0 Å². The lowest BCUT2D eigenvalue weighted by atomic mass is 9.52. The number of fused-ring (bicyclic) bond motifs is 1. The van der Waals surface area contributed by atoms with Crippen LogP contribution in [0.2, 0.25) is 0 Å². The first-order chi connectivity index (χ1) is 11.7.